The maximum absolute atomic E-state index is 12.3. The molecular weight excluding hydrogens is 358 g/mol. The third-order valence-electron chi connectivity index (χ3n) is 4.58. The zero-order valence-corrected chi connectivity index (χ0v) is 16.8. The Morgan fingerprint density at radius 3 is 2.59 bits per heavy atom. The van der Waals surface area contributed by atoms with Gasteiger partial charge in [0.15, 0.2) is 16.8 Å². The molecule has 0 bridgehead atoms. The third-order valence-corrected chi connectivity index (χ3v) is 5.54. The Bertz CT molecular complexity index is 858. The maximum atomic E-state index is 12.3. The van der Waals surface area contributed by atoms with Crippen molar-refractivity contribution in [1.82, 2.24) is 19.7 Å². The molecule has 0 aliphatic rings. The van der Waals surface area contributed by atoms with Crippen LogP contribution in [0.5, 0.6) is 0 Å². The number of hydrogen-bond donors (Lipinski definition) is 2. The first kappa shape index (κ1) is 19.4. The summed E-state index contributed by atoms with van der Waals surface area (Å²) in [7, 11) is 4.27. The first-order valence-corrected chi connectivity index (χ1v) is 10.1. The normalized spacial score (nSPS) is 12.4. The Hall–Kier alpha value is -2.38. The van der Waals surface area contributed by atoms with Gasteiger partial charge in [-0.15, -0.1) is 10.2 Å². The van der Waals surface area contributed by atoms with Gasteiger partial charge in [-0.2, -0.15) is 0 Å². The molecule has 7 heteroatoms. The van der Waals surface area contributed by atoms with Crippen LogP contribution in [0.25, 0.3) is 0 Å². The van der Waals surface area contributed by atoms with Crippen LogP contribution in [0.1, 0.15) is 41.3 Å². The minimum Gasteiger partial charge on any atom is -0.359 e. The van der Waals surface area contributed by atoms with E-state index in [-0.39, 0.29) is 11.8 Å². The summed E-state index contributed by atoms with van der Waals surface area (Å²) in [6.07, 6.45) is 2.74. The molecule has 6 nitrogen and oxygen atoms in total. The molecule has 3 rings (SSSR count). The fraction of sp³-hybridized carbons (Fsp3) is 0.350. The zero-order valence-electron chi connectivity index (χ0n) is 16.0. The Balaban J connectivity index is 1.86. The van der Waals surface area contributed by atoms with Crippen molar-refractivity contribution in [3.63, 3.8) is 0 Å². The number of aromatic nitrogens is 4. The average molecular weight is 385 g/mol. The van der Waals surface area contributed by atoms with Gasteiger partial charge in [0.25, 0.3) is 0 Å². The van der Waals surface area contributed by atoms with Crippen LogP contribution in [-0.2, 0) is 6.54 Å². The Kier molecular flexibility index (Phi) is 6.47. The lowest BCUT2D eigenvalue weighted by atomic mass is 10.2. The highest BCUT2D eigenvalue weighted by Gasteiger charge is 2.25. The summed E-state index contributed by atoms with van der Waals surface area (Å²) in [6, 6.07) is 14.2. The van der Waals surface area contributed by atoms with Crippen molar-refractivity contribution in [1.29, 1.82) is 0 Å². The summed E-state index contributed by atoms with van der Waals surface area (Å²) in [5, 5.41) is 9.70. The molecule has 0 aliphatic heterocycles. The molecule has 2 heterocycles. The van der Waals surface area contributed by atoms with E-state index >= 15 is 0 Å². The molecule has 0 saturated heterocycles. The predicted molar refractivity (Wildman–Crippen MR) is 107 cm³/mol. The molecular formula is C20H26N5OS+. The number of Topliss-reactive ketones (excluding diaryl/α,β-unsaturated/α-hetero) is 1. The number of carbonyl (C=O) groups excluding carboxylic acids is 1. The topological polar surface area (TPSA) is 68.0 Å². The van der Waals surface area contributed by atoms with E-state index in [0.29, 0.717) is 18.0 Å². The minimum atomic E-state index is 0.0612. The van der Waals surface area contributed by atoms with Crippen LogP contribution in [0.4, 0.5) is 0 Å². The first-order valence-electron chi connectivity index (χ1n) is 9.16. The van der Waals surface area contributed by atoms with Gasteiger partial charge in [-0.3, -0.25) is 9.36 Å². The molecule has 2 N–H and O–H groups in total. The van der Waals surface area contributed by atoms with Crippen molar-refractivity contribution in [2.75, 3.05) is 19.8 Å². The molecule has 3 aromatic rings. The lowest BCUT2D eigenvalue weighted by Crippen LogP contribution is -3.06. The third kappa shape index (κ3) is 4.67. The number of thioether (sulfide) groups is 1. The second-order valence-corrected chi connectivity index (χ2v) is 7.69. The summed E-state index contributed by atoms with van der Waals surface area (Å²) >= 11 is 1.44. The summed E-state index contributed by atoms with van der Waals surface area (Å²) < 4.78 is 2.16. The number of H-pyrrole nitrogens is 1. The highest BCUT2D eigenvalue weighted by molar-refractivity contribution is 7.99. The molecule has 0 amide bonds. The minimum absolute atomic E-state index is 0.0612. The summed E-state index contributed by atoms with van der Waals surface area (Å²) in [5.41, 5.74) is 1.82. The van der Waals surface area contributed by atoms with Crippen molar-refractivity contribution >= 4 is 17.5 Å². The Morgan fingerprint density at radius 1 is 1.19 bits per heavy atom. The van der Waals surface area contributed by atoms with Crippen LogP contribution in [-0.4, -0.2) is 45.4 Å². The van der Waals surface area contributed by atoms with E-state index in [2.05, 4.69) is 52.9 Å². The zero-order chi connectivity index (χ0) is 19.2. The first-order chi connectivity index (χ1) is 13.1. The number of quaternary nitrogens is 1. The second kappa shape index (κ2) is 9.01. The van der Waals surface area contributed by atoms with Gasteiger partial charge >= 0.3 is 0 Å². The van der Waals surface area contributed by atoms with Gasteiger partial charge < -0.3 is 9.88 Å². The van der Waals surface area contributed by atoms with Gasteiger partial charge in [0.05, 0.1) is 32.1 Å². The number of ketones is 1. The van der Waals surface area contributed by atoms with E-state index in [4.69, 9.17) is 0 Å². The molecule has 0 radical (unpaired) electrons. The molecule has 0 saturated carbocycles. The van der Waals surface area contributed by atoms with Crippen molar-refractivity contribution in [2.24, 2.45) is 0 Å². The highest BCUT2D eigenvalue weighted by atomic mass is 32.2. The van der Waals surface area contributed by atoms with Gasteiger partial charge in [0.1, 0.15) is 6.04 Å². The van der Waals surface area contributed by atoms with Crippen LogP contribution in [0.15, 0.2) is 53.8 Å². The smallest absolute Gasteiger partial charge is 0.192 e. The number of benzene rings is 1. The van der Waals surface area contributed by atoms with Crippen LogP contribution >= 0.6 is 11.8 Å². The summed E-state index contributed by atoms with van der Waals surface area (Å²) in [4.78, 5) is 16.6. The number of nitrogens with one attached hydrogen (secondary N) is 2. The van der Waals surface area contributed by atoms with E-state index in [1.54, 1.807) is 12.3 Å². The van der Waals surface area contributed by atoms with Crippen LogP contribution in [0.2, 0.25) is 0 Å². The van der Waals surface area contributed by atoms with Crippen LogP contribution < -0.4 is 4.90 Å². The number of carbonyl (C=O) groups is 1. The van der Waals surface area contributed by atoms with E-state index in [0.717, 1.165) is 17.4 Å². The SMILES string of the molecule is CC[C@H](c1nnc(SCC(=O)c2ccc[nH]2)n1Cc1ccccc1)[NH+](C)C. The van der Waals surface area contributed by atoms with E-state index in [1.165, 1.54) is 22.2 Å². The molecule has 142 valence electrons. The molecule has 1 aromatic carbocycles. The van der Waals surface area contributed by atoms with Crippen LogP contribution in [0.3, 0.4) is 0 Å². The molecule has 0 aliphatic carbocycles. The van der Waals surface area contributed by atoms with Crippen molar-refractivity contribution < 1.29 is 9.69 Å². The molecule has 0 fully saturated rings. The molecule has 0 spiro atoms. The summed E-state index contributed by atoms with van der Waals surface area (Å²) in [5.74, 6) is 1.36. The standard InChI is InChI=1S/C20H25N5OS/c1-4-17(24(2)3)19-22-23-20(25(19)13-15-9-6-5-7-10-15)27-14-18(26)16-11-8-12-21-16/h5-12,17,21H,4,13-14H2,1-3H3/p+1/t17-/m1/s1. The van der Waals surface area contributed by atoms with Gasteiger partial charge in [0.2, 0.25) is 0 Å². The molecule has 27 heavy (non-hydrogen) atoms. The van der Waals surface area contributed by atoms with Gasteiger partial charge in [0, 0.05) is 12.6 Å². The number of rotatable bonds is 9. The van der Waals surface area contributed by atoms with Crippen molar-refractivity contribution in [2.45, 2.75) is 31.1 Å². The van der Waals surface area contributed by atoms with Crippen molar-refractivity contribution in [3.8, 4) is 0 Å². The monoisotopic (exact) mass is 384 g/mol. The molecule has 2 aromatic heterocycles. The van der Waals surface area contributed by atoms with E-state index in [1.807, 2.05) is 24.3 Å². The van der Waals surface area contributed by atoms with E-state index in [9.17, 15) is 4.79 Å². The fourth-order valence-corrected chi connectivity index (χ4v) is 3.97. The number of hydrogen-bond acceptors (Lipinski definition) is 4. The van der Waals surface area contributed by atoms with Crippen molar-refractivity contribution in [3.05, 3.63) is 65.7 Å². The van der Waals surface area contributed by atoms with Gasteiger partial charge in [-0.1, -0.05) is 49.0 Å². The maximum Gasteiger partial charge on any atom is 0.192 e. The summed E-state index contributed by atoms with van der Waals surface area (Å²) in [6.45, 7) is 2.87. The predicted octanol–water partition coefficient (Wildman–Crippen LogP) is 2.23. The lowest BCUT2D eigenvalue weighted by molar-refractivity contribution is -0.893. The average Bonchev–Trinajstić information content (AvgIpc) is 3.32. The van der Waals surface area contributed by atoms with E-state index < -0.39 is 0 Å². The number of aromatic amines is 1. The highest BCUT2D eigenvalue weighted by Crippen LogP contribution is 2.23. The Morgan fingerprint density at radius 2 is 1.96 bits per heavy atom. The van der Waals surface area contributed by atoms with Gasteiger partial charge in [-0.05, 0) is 17.7 Å². The Labute approximate surface area is 164 Å². The van der Waals surface area contributed by atoms with Crippen LogP contribution in [0, 0.1) is 0 Å². The molecule has 0 unspecified atom stereocenters. The fourth-order valence-electron chi connectivity index (χ4n) is 3.14. The second-order valence-electron chi connectivity index (χ2n) is 6.75. The lowest BCUT2D eigenvalue weighted by Gasteiger charge is -2.20. The van der Waals surface area contributed by atoms with Gasteiger partial charge in [-0.25, -0.2) is 0 Å². The number of nitrogens with zero attached hydrogens (tertiary/aromatic N) is 3. The quantitative estimate of drug-likeness (QED) is 0.439. The molecule has 1 atom stereocenters. The largest absolute Gasteiger partial charge is 0.359 e.